The molecule has 0 bridgehead atoms. The van der Waals surface area contributed by atoms with Gasteiger partial charge in [-0.15, -0.1) is 0 Å². The molecule has 0 aliphatic rings. The normalized spacial score (nSPS) is 10.2. The van der Waals surface area contributed by atoms with Crippen LogP contribution in [0, 0.1) is 5.92 Å². The molecule has 1 aromatic carbocycles. The van der Waals surface area contributed by atoms with E-state index in [-0.39, 0.29) is 5.91 Å². The lowest BCUT2D eigenvalue weighted by Crippen LogP contribution is -2.25. The van der Waals surface area contributed by atoms with Crippen LogP contribution in [0.5, 0.6) is 0 Å². The minimum atomic E-state index is 0.00306. The van der Waals surface area contributed by atoms with Gasteiger partial charge in [0.25, 0.3) is 5.91 Å². The molecule has 0 aliphatic heterocycles. The molecule has 3 nitrogen and oxygen atoms in total. The second kappa shape index (κ2) is 6.16. The highest BCUT2D eigenvalue weighted by molar-refractivity contribution is 5.94. The van der Waals surface area contributed by atoms with E-state index in [0.717, 1.165) is 18.7 Å². The Kier molecular flexibility index (Phi) is 4.83. The number of benzene rings is 1. The van der Waals surface area contributed by atoms with Gasteiger partial charge in [0, 0.05) is 24.8 Å². The third kappa shape index (κ3) is 3.93. The molecule has 0 saturated heterocycles. The Bertz CT molecular complexity index is 330. The highest BCUT2D eigenvalue weighted by atomic mass is 16.1. The Hall–Kier alpha value is -1.51. The van der Waals surface area contributed by atoms with E-state index in [0.29, 0.717) is 11.5 Å². The van der Waals surface area contributed by atoms with E-state index in [1.54, 1.807) is 0 Å². The molecule has 3 heteroatoms. The first-order valence-corrected chi connectivity index (χ1v) is 5.69. The molecule has 2 N–H and O–H groups in total. The average Bonchev–Trinajstić information content (AvgIpc) is 2.28. The fourth-order valence-corrected chi connectivity index (χ4v) is 1.36. The van der Waals surface area contributed by atoms with E-state index in [1.165, 1.54) is 0 Å². The molecule has 16 heavy (non-hydrogen) atoms. The van der Waals surface area contributed by atoms with Crippen molar-refractivity contribution in [2.24, 2.45) is 5.92 Å². The second-order valence-corrected chi connectivity index (χ2v) is 4.27. The van der Waals surface area contributed by atoms with Gasteiger partial charge in [0.15, 0.2) is 0 Å². The Labute approximate surface area is 97.2 Å². The largest absolute Gasteiger partial charge is 0.388 e. The van der Waals surface area contributed by atoms with Gasteiger partial charge in [0.2, 0.25) is 0 Å². The lowest BCUT2D eigenvalue weighted by molar-refractivity contribution is 0.0952. The Morgan fingerprint density at radius 3 is 2.38 bits per heavy atom. The van der Waals surface area contributed by atoms with Crippen LogP contribution in [0.4, 0.5) is 5.69 Å². The summed E-state index contributed by atoms with van der Waals surface area (Å²) < 4.78 is 0. The van der Waals surface area contributed by atoms with E-state index in [2.05, 4.69) is 24.5 Å². The molecule has 0 fully saturated rings. The minimum absolute atomic E-state index is 0.00306. The van der Waals surface area contributed by atoms with Crippen LogP contribution in [0.15, 0.2) is 24.3 Å². The lowest BCUT2D eigenvalue weighted by atomic mass is 10.1. The van der Waals surface area contributed by atoms with Crippen molar-refractivity contribution in [3.8, 4) is 0 Å². The minimum Gasteiger partial charge on any atom is -0.388 e. The first-order chi connectivity index (χ1) is 7.63. The summed E-state index contributed by atoms with van der Waals surface area (Å²) >= 11 is 0. The number of amides is 1. The molecular weight excluding hydrogens is 200 g/mol. The molecule has 0 atom stereocenters. The summed E-state index contributed by atoms with van der Waals surface area (Å²) in [4.78, 5) is 11.7. The highest BCUT2D eigenvalue weighted by Crippen LogP contribution is 2.08. The van der Waals surface area contributed by atoms with Gasteiger partial charge in [-0.05, 0) is 36.6 Å². The van der Waals surface area contributed by atoms with Crippen LogP contribution in [0.25, 0.3) is 0 Å². The number of nitrogens with one attached hydrogen (secondary N) is 2. The summed E-state index contributed by atoms with van der Waals surface area (Å²) in [5.41, 5.74) is 1.72. The third-order valence-electron chi connectivity index (χ3n) is 2.44. The lowest BCUT2D eigenvalue weighted by Gasteiger charge is -2.07. The van der Waals surface area contributed by atoms with Crippen LogP contribution in [0.3, 0.4) is 0 Å². The zero-order chi connectivity index (χ0) is 12.0. The third-order valence-corrected chi connectivity index (χ3v) is 2.44. The molecule has 0 radical (unpaired) electrons. The van der Waals surface area contributed by atoms with Gasteiger partial charge in [-0.1, -0.05) is 13.8 Å². The number of rotatable bonds is 5. The van der Waals surface area contributed by atoms with Gasteiger partial charge in [0.1, 0.15) is 0 Å². The first kappa shape index (κ1) is 12.6. The average molecular weight is 220 g/mol. The van der Waals surface area contributed by atoms with E-state index >= 15 is 0 Å². The van der Waals surface area contributed by atoms with Crippen LogP contribution >= 0.6 is 0 Å². The van der Waals surface area contributed by atoms with Crippen LogP contribution < -0.4 is 10.6 Å². The Balaban J connectivity index is 2.46. The van der Waals surface area contributed by atoms with Crippen molar-refractivity contribution in [3.05, 3.63) is 29.8 Å². The second-order valence-electron chi connectivity index (χ2n) is 4.27. The quantitative estimate of drug-likeness (QED) is 0.800. The Morgan fingerprint density at radius 2 is 1.88 bits per heavy atom. The fraction of sp³-hybridized carbons (Fsp3) is 0.462. The monoisotopic (exact) mass is 220 g/mol. The van der Waals surface area contributed by atoms with Crippen LogP contribution in [-0.2, 0) is 0 Å². The van der Waals surface area contributed by atoms with Crippen molar-refractivity contribution in [2.75, 3.05) is 18.9 Å². The van der Waals surface area contributed by atoms with Gasteiger partial charge in [-0.3, -0.25) is 4.79 Å². The molecule has 0 spiro atoms. The van der Waals surface area contributed by atoms with Crippen molar-refractivity contribution in [1.29, 1.82) is 0 Å². The van der Waals surface area contributed by atoms with Gasteiger partial charge >= 0.3 is 0 Å². The van der Waals surface area contributed by atoms with Crippen molar-refractivity contribution < 1.29 is 4.79 Å². The molecule has 0 aromatic heterocycles. The van der Waals surface area contributed by atoms with Crippen molar-refractivity contribution in [2.45, 2.75) is 20.3 Å². The number of hydrogen-bond acceptors (Lipinski definition) is 2. The first-order valence-electron chi connectivity index (χ1n) is 5.69. The van der Waals surface area contributed by atoms with Crippen LogP contribution in [0.2, 0.25) is 0 Å². The summed E-state index contributed by atoms with van der Waals surface area (Å²) in [5, 5.41) is 5.93. The van der Waals surface area contributed by atoms with Gasteiger partial charge in [-0.2, -0.15) is 0 Å². The van der Waals surface area contributed by atoms with Gasteiger partial charge in [-0.25, -0.2) is 0 Å². The number of carbonyl (C=O) groups is 1. The van der Waals surface area contributed by atoms with E-state index in [4.69, 9.17) is 0 Å². The smallest absolute Gasteiger partial charge is 0.251 e. The molecule has 0 aliphatic carbocycles. The predicted octanol–water partition coefficient (Wildman–Crippen LogP) is 2.50. The van der Waals surface area contributed by atoms with E-state index in [9.17, 15) is 4.79 Å². The topological polar surface area (TPSA) is 41.1 Å². The van der Waals surface area contributed by atoms with Gasteiger partial charge in [0.05, 0.1) is 0 Å². The maximum absolute atomic E-state index is 11.7. The Morgan fingerprint density at radius 1 is 1.25 bits per heavy atom. The molecule has 88 valence electrons. The maximum atomic E-state index is 11.7. The van der Waals surface area contributed by atoms with Crippen LogP contribution in [-0.4, -0.2) is 19.5 Å². The van der Waals surface area contributed by atoms with Crippen molar-refractivity contribution >= 4 is 11.6 Å². The molecule has 1 aromatic rings. The van der Waals surface area contributed by atoms with Gasteiger partial charge < -0.3 is 10.6 Å². The van der Waals surface area contributed by atoms with Crippen LogP contribution in [0.1, 0.15) is 30.6 Å². The summed E-state index contributed by atoms with van der Waals surface area (Å²) in [6.07, 6.45) is 1.01. The summed E-state index contributed by atoms with van der Waals surface area (Å²) in [5.74, 6) is 0.621. The fourth-order valence-electron chi connectivity index (χ4n) is 1.36. The predicted molar refractivity (Wildman–Crippen MR) is 67.8 cm³/mol. The van der Waals surface area contributed by atoms with E-state index < -0.39 is 0 Å². The summed E-state index contributed by atoms with van der Waals surface area (Å²) in [6.45, 7) is 5.03. The molecule has 1 amide bonds. The standard InChI is InChI=1S/C13H20N2O/c1-10(2)8-9-15-13(16)11-4-6-12(14-3)7-5-11/h4-7,10,14H,8-9H2,1-3H3,(H,15,16). The zero-order valence-corrected chi connectivity index (χ0v) is 10.2. The molecule has 0 heterocycles. The molecule has 0 unspecified atom stereocenters. The number of anilines is 1. The molecule has 1 rings (SSSR count). The SMILES string of the molecule is CNc1ccc(C(=O)NCCC(C)C)cc1. The van der Waals surface area contributed by atoms with Crippen molar-refractivity contribution in [1.82, 2.24) is 5.32 Å². The summed E-state index contributed by atoms with van der Waals surface area (Å²) in [7, 11) is 1.86. The highest BCUT2D eigenvalue weighted by Gasteiger charge is 2.04. The molecular formula is C13H20N2O. The van der Waals surface area contributed by atoms with E-state index in [1.807, 2.05) is 31.3 Å². The molecule has 0 saturated carbocycles. The number of hydrogen-bond donors (Lipinski definition) is 2. The van der Waals surface area contributed by atoms with Crippen molar-refractivity contribution in [3.63, 3.8) is 0 Å². The number of carbonyl (C=O) groups excluding carboxylic acids is 1. The maximum Gasteiger partial charge on any atom is 0.251 e. The zero-order valence-electron chi connectivity index (χ0n) is 10.2. The summed E-state index contributed by atoms with van der Waals surface area (Å²) in [6, 6.07) is 7.46.